The molecular formula is C19H21N5O2. The number of nitriles is 1. The van der Waals surface area contributed by atoms with Crippen molar-refractivity contribution in [2.45, 2.75) is 18.4 Å². The fourth-order valence-electron chi connectivity index (χ4n) is 3.51. The van der Waals surface area contributed by atoms with E-state index >= 15 is 0 Å². The minimum atomic E-state index is -0.270. The molecule has 134 valence electrons. The van der Waals surface area contributed by atoms with Crippen LogP contribution >= 0.6 is 0 Å². The number of hydrogen-bond acceptors (Lipinski definition) is 6. The van der Waals surface area contributed by atoms with Crippen LogP contribution in [-0.4, -0.2) is 59.3 Å². The molecular weight excluding hydrogens is 330 g/mol. The molecule has 7 heteroatoms. The van der Waals surface area contributed by atoms with Crippen LogP contribution in [0.3, 0.4) is 0 Å². The van der Waals surface area contributed by atoms with Crippen molar-refractivity contribution in [2.24, 2.45) is 0 Å². The molecule has 26 heavy (non-hydrogen) atoms. The van der Waals surface area contributed by atoms with Crippen LogP contribution in [0.1, 0.15) is 18.5 Å². The molecule has 0 spiro atoms. The molecule has 0 radical (unpaired) electrons. The first-order chi connectivity index (χ1) is 12.6. The zero-order valence-electron chi connectivity index (χ0n) is 15.0. The van der Waals surface area contributed by atoms with E-state index in [1.807, 2.05) is 6.07 Å². The average molecular weight is 351 g/mol. The highest BCUT2D eigenvalue weighted by Gasteiger charge is 2.34. The number of ether oxygens (including phenoxy) is 2. The van der Waals surface area contributed by atoms with Gasteiger partial charge in [-0.15, -0.1) is 0 Å². The van der Waals surface area contributed by atoms with Crippen molar-refractivity contribution in [1.82, 2.24) is 19.9 Å². The van der Waals surface area contributed by atoms with E-state index < -0.39 is 0 Å². The lowest BCUT2D eigenvalue weighted by atomic mass is 9.92. The first-order valence-corrected chi connectivity index (χ1v) is 8.67. The Morgan fingerprint density at radius 1 is 1.35 bits per heavy atom. The Bertz CT molecular complexity index is 983. The number of rotatable bonds is 4. The van der Waals surface area contributed by atoms with E-state index in [1.165, 1.54) is 0 Å². The van der Waals surface area contributed by atoms with Gasteiger partial charge in [0.15, 0.2) is 0 Å². The molecule has 0 amide bonds. The van der Waals surface area contributed by atoms with Crippen LogP contribution in [0.15, 0.2) is 24.5 Å². The normalized spacial score (nSPS) is 17.4. The molecule has 0 atom stereocenters. The zero-order valence-corrected chi connectivity index (χ0v) is 15.0. The van der Waals surface area contributed by atoms with Gasteiger partial charge in [-0.05, 0) is 32.0 Å². The number of aromatic amines is 1. The van der Waals surface area contributed by atoms with E-state index in [0.29, 0.717) is 12.3 Å². The number of pyridine rings is 2. The third-order valence-electron chi connectivity index (χ3n) is 5.28. The van der Waals surface area contributed by atoms with Gasteiger partial charge in [0.05, 0.1) is 17.1 Å². The first kappa shape index (κ1) is 16.8. The van der Waals surface area contributed by atoms with Crippen LogP contribution < -0.4 is 4.74 Å². The van der Waals surface area contributed by atoms with Crippen LogP contribution in [0.5, 0.6) is 5.75 Å². The Balaban J connectivity index is 1.69. The predicted molar refractivity (Wildman–Crippen MR) is 98.1 cm³/mol. The first-order valence-electron chi connectivity index (χ1n) is 8.67. The SMILES string of the molecule is COC1(COc2ccnc3[nH]c4cnc(C#N)cc4c23)CCN(C)CC1. The van der Waals surface area contributed by atoms with Gasteiger partial charge in [0.2, 0.25) is 0 Å². The summed E-state index contributed by atoms with van der Waals surface area (Å²) in [6.07, 6.45) is 5.25. The molecule has 0 aromatic carbocycles. The highest BCUT2D eigenvalue weighted by Crippen LogP contribution is 2.33. The summed E-state index contributed by atoms with van der Waals surface area (Å²) in [7, 11) is 3.88. The number of likely N-dealkylation sites (tertiary alicyclic amines) is 1. The van der Waals surface area contributed by atoms with Crippen LogP contribution in [0.25, 0.3) is 21.9 Å². The molecule has 1 aliphatic heterocycles. The molecule has 4 rings (SSSR count). The highest BCUT2D eigenvalue weighted by atomic mass is 16.5. The van der Waals surface area contributed by atoms with Crippen molar-refractivity contribution in [1.29, 1.82) is 5.26 Å². The molecule has 3 aromatic rings. The average Bonchev–Trinajstić information content (AvgIpc) is 3.06. The third kappa shape index (κ3) is 2.87. The molecule has 1 saturated heterocycles. The number of nitrogens with zero attached hydrogens (tertiary/aromatic N) is 4. The lowest BCUT2D eigenvalue weighted by molar-refractivity contribution is -0.0795. The predicted octanol–water partition coefficient (Wildman–Crippen LogP) is 2.47. The van der Waals surface area contributed by atoms with Crippen molar-refractivity contribution >= 4 is 21.9 Å². The van der Waals surface area contributed by atoms with Crippen molar-refractivity contribution in [3.05, 3.63) is 30.2 Å². The minimum Gasteiger partial charge on any atom is -0.490 e. The molecule has 0 aliphatic carbocycles. The van der Waals surface area contributed by atoms with Gasteiger partial charge < -0.3 is 19.4 Å². The van der Waals surface area contributed by atoms with Gasteiger partial charge in [0.1, 0.15) is 35.4 Å². The Kier molecular flexibility index (Phi) is 4.23. The smallest absolute Gasteiger partial charge is 0.142 e. The highest BCUT2D eigenvalue weighted by molar-refractivity contribution is 6.09. The number of aromatic nitrogens is 3. The van der Waals surface area contributed by atoms with E-state index in [2.05, 4.69) is 33.0 Å². The van der Waals surface area contributed by atoms with Gasteiger partial charge in [0.25, 0.3) is 0 Å². The molecule has 0 unspecified atom stereocenters. The summed E-state index contributed by atoms with van der Waals surface area (Å²) in [5.41, 5.74) is 1.66. The standard InChI is InChI=1S/C19H21N5O2/c1-24-7-4-19(25-2,5-8-24)12-26-16-3-6-21-18-17(16)14-9-13(10-20)22-11-15(14)23-18/h3,6,9,11H,4-5,7-8,12H2,1-2H3,(H,21,23). The molecule has 4 heterocycles. The minimum absolute atomic E-state index is 0.270. The van der Waals surface area contributed by atoms with Gasteiger partial charge in [-0.1, -0.05) is 0 Å². The Morgan fingerprint density at radius 2 is 2.15 bits per heavy atom. The molecule has 3 aromatic heterocycles. The number of nitrogens with one attached hydrogen (secondary N) is 1. The van der Waals surface area contributed by atoms with Crippen LogP contribution in [-0.2, 0) is 4.74 Å². The Labute approximate surface area is 151 Å². The number of fused-ring (bicyclic) bond motifs is 3. The maximum absolute atomic E-state index is 9.15. The fourth-order valence-corrected chi connectivity index (χ4v) is 3.51. The summed E-state index contributed by atoms with van der Waals surface area (Å²) in [5.74, 6) is 0.742. The molecule has 7 nitrogen and oxygen atoms in total. The molecule has 1 N–H and O–H groups in total. The van der Waals surface area contributed by atoms with Crippen LogP contribution in [0, 0.1) is 11.3 Å². The van der Waals surface area contributed by atoms with E-state index in [-0.39, 0.29) is 5.60 Å². The van der Waals surface area contributed by atoms with Crippen LogP contribution in [0.4, 0.5) is 0 Å². The monoisotopic (exact) mass is 351 g/mol. The number of H-pyrrole nitrogens is 1. The zero-order chi connectivity index (χ0) is 18.1. The van der Waals surface area contributed by atoms with E-state index in [4.69, 9.17) is 14.7 Å². The topological polar surface area (TPSA) is 87.1 Å². The Morgan fingerprint density at radius 3 is 2.88 bits per heavy atom. The van der Waals surface area contributed by atoms with Crippen molar-refractivity contribution < 1.29 is 9.47 Å². The summed E-state index contributed by atoms with van der Waals surface area (Å²) in [6, 6.07) is 5.71. The van der Waals surface area contributed by atoms with Crippen LogP contribution in [0.2, 0.25) is 0 Å². The maximum atomic E-state index is 9.15. The van der Waals surface area contributed by atoms with Gasteiger partial charge in [-0.25, -0.2) is 9.97 Å². The van der Waals surface area contributed by atoms with E-state index in [1.54, 1.807) is 25.6 Å². The lowest BCUT2D eigenvalue weighted by Crippen LogP contribution is -2.48. The molecule has 1 fully saturated rings. The summed E-state index contributed by atoms with van der Waals surface area (Å²) in [6.45, 7) is 2.47. The molecule has 0 bridgehead atoms. The second-order valence-corrected chi connectivity index (χ2v) is 6.86. The van der Waals surface area contributed by atoms with Crippen molar-refractivity contribution in [3.63, 3.8) is 0 Å². The second-order valence-electron chi connectivity index (χ2n) is 6.86. The second kappa shape index (κ2) is 6.56. The van der Waals surface area contributed by atoms with Gasteiger partial charge in [-0.3, -0.25) is 0 Å². The summed E-state index contributed by atoms with van der Waals surface area (Å²) in [4.78, 5) is 14.0. The lowest BCUT2D eigenvalue weighted by Gasteiger charge is -2.39. The van der Waals surface area contributed by atoms with Gasteiger partial charge >= 0.3 is 0 Å². The van der Waals surface area contributed by atoms with Crippen molar-refractivity contribution in [3.8, 4) is 11.8 Å². The quantitative estimate of drug-likeness (QED) is 0.777. The maximum Gasteiger partial charge on any atom is 0.142 e. The molecule has 1 aliphatic rings. The summed E-state index contributed by atoms with van der Waals surface area (Å²) >= 11 is 0. The largest absolute Gasteiger partial charge is 0.490 e. The van der Waals surface area contributed by atoms with Crippen molar-refractivity contribution in [2.75, 3.05) is 33.9 Å². The number of methoxy groups -OCH3 is 1. The summed E-state index contributed by atoms with van der Waals surface area (Å²) < 4.78 is 12.1. The fraction of sp³-hybridized carbons (Fsp3) is 0.421. The third-order valence-corrected chi connectivity index (χ3v) is 5.28. The van der Waals surface area contributed by atoms with E-state index in [0.717, 1.165) is 53.6 Å². The van der Waals surface area contributed by atoms with Gasteiger partial charge in [-0.2, -0.15) is 5.26 Å². The Hall–Kier alpha value is -2.69. The van der Waals surface area contributed by atoms with E-state index in [9.17, 15) is 0 Å². The number of piperidine rings is 1. The number of hydrogen-bond donors (Lipinski definition) is 1. The van der Waals surface area contributed by atoms with Gasteiger partial charge in [0, 0.05) is 31.8 Å². The molecule has 0 saturated carbocycles. The summed E-state index contributed by atoms with van der Waals surface area (Å²) in [5, 5.41) is 10.9.